The lowest BCUT2D eigenvalue weighted by molar-refractivity contribution is 0.425. The van der Waals surface area contributed by atoms with Gasteiger partial charge in [0, 0.05) is 0 Å². The quantitative estimate of drug-likeness (QED) is 0.463. The van der Waals surface area contributed by atoms with Crippen molar-refractivity contribution in [2.45, 2.75) is 10.1 Å². The van der Waals surface area contributed by atoms with Crippen LogP contribution in [0.2, 0.25) is 5.02 Å². The number of hydrogen-bond donors (Lipinski definition) is 0. The Kier molecular flexibility index (Phi) is 4.03. The van der Waals surface area contributed by atoms with Crippen LogP contribution in [-0.4, -0.2) is 15.1 Å². The molecule has 2 aromatic carbocycles. The van der Waals surface area contributed by atoms with E-state index < -0.39 is 0 Å². The first-order valence-corrected chi connectivity index (χ1v) is 9.03. The van der Waals surface area contributed by atoms with Crippen LogP contribution >= 0.6 is 34.7 Å². The summed E-state index contributed by atoms with van der Waals surface area (Å²) in [7, 11) is 0. The zero-order valence-corrected chi connectivity index (χ0v) is 14.2. The molecule has 0 aliphatic rings. The summed E-state index contributed by atoms with van der Waals surface area (Å²) in [6.07, 6.45) is 0. The Morgan fingerprint density at radius 3 is 2.74 bits per heavy atom. The van der Waals surface area contributed by atoms with Gasteiger partial charge in [-0.2, -0.15) is 4.98 Å². The second-order valence-electron chi connectivity index (χ2n) is 4.73. The van der Waals surface area contributed by atoms with Gasteiger partial charge in [-0.15, -0.1) is 11.3 Å². The summed E-state index contributed by atoms with van der Waals surface area (Å²) in [5.41, 5.74) is 1.77. The number of aromatic nitrogens is 3. The van der Waals surface area contributed by atoms with Gasteiger partial charge in [0.05, 0.1) is 26.6 Å². The molecule has 0 unspecified atom stereocenters. The summed E-state index contributed by atoms with van der Waals surface area (Å²) in [6, 6.07) is 15.5. The Bertz CT molecular complexity index is 934. The van der Waals surface area contributed by atoms with Crippen molar-refractivity contribution < 1.29 is 4.52 Å². The highest BCUT2D eigenvalue weighted by atomic mass is 35.5. The lowest BCUT2D eigenvalue weighted by Gasteiger charge is -1.95. The predicted octanol–water partition coefficient (Wildman–Crippen LogP) is 5.29. The van der Waals surface area contributed by atoms with E-state index in [1.54, 1.807) is 29.2 Å². The van der Waals surface area contributed by atoms with Crippen molar-refractivity contribution >= 4 is 44.9 Å². The van der Waals surface area contributed by atoms with Crippen molar-refractivity contribution in [1.29, 1.82) is 0 Å². The predicted molar refractivity (Wildman–Crippen MR) is 93.9 cm³/mol. The minimum Gasteiger partial charge on any atom is -0.334 e. The maximum absolute atomic E-state index is 6.14. The summed E-state index contributed by atoms with van der Waals surface area (Å²) >= 11 is 9.41. The van der Waals surface area contributed by atoms with E-state index in [1.807, 2.05) is 36.4 Å². The molecule has 0 saturated carbocycles. The van der Waals surface area contributed by atoms with E-state index in [-0.39, 0.29) is 0 Å². The number of halogens is 1. The van der Waals surface area contributed by atoms with Gasteiger partial charge in [0.1, 0.15) is 0 Å². The fraction of sp³-hybridized carbons (Fsp3) is 0.0625. The van der Waals surface area contributed by atoms with E-state index in [1.165, 1.54) is 4.70 Å². The van der Waals surface area contributed by atoms with E-state index in [4.69, 9.17) is 16.1 Å². The lowest BCUT2D eigenvalue weighted by atomic mass is 10.2. The van der Waals surface area contributed by atoms with Gasteiger partial charge in [-0.05, 0) is 24.3 Å². The van der Waals surface area contributed by atoms with Crippen LogP contribution in [0.5, 0.6) is 0 Å². The Morgan fingerprint density at radius 2 is 1.87 bits per heavy atom. The van der Waals surface area contributed by atoms with Gasteiger partial charge in [-0.25, -0.2) is 4.98 Å². The summed E-state index contributed by atoms with van der Waals surface area (Å²) < 4.78 is 7.48. The van der Waals surface area contributed by atoms with Crippen molar-refractivity contribution in [2.24, 2.45) is 0 Å². The van der Waals surface area contributed by atoms with Crippen LogP contribution in [0.1, 0.15) is 5.82 Å². The van der Waals surface area contributed by atoms with Gasteiger partial charge < -0.3 is 4.52 Å². The molecule has 4 rings (SSSR count). The molecule has 0 aliphatic heterocycles. The number of fused-ring (bicyclic) bond motifs is 1. The third-order valence-corrected chi connectivity index (χ3v) is 5.68. The third-order valence-electron chi connectivity index (χ3n) is 3.17. The van der Waals surface area contributed by atoms with Crippen LogP contribution in [0.15, 0.2) is 57.4 Å². The second kappa shape index (κ2) is 6.31. The monoisotopic (exact) mass is 359 g/mol. The van der Waals surface area contributed by atoms with Gasteiger partial charge in [0.25, 0.3) is 5.89 Å². The molecule has 0 aliphatic carbocycles. The highest BCUT2D eigenvalue weighted by Crippen LogP contribution is 2.32. The minimum atomic E-state index is 0.440. The maximum Gasteiger partial charge on any atom is 0.259 e. The van der Waals surface area contributed by atoms with Crippen LogP contribution in [0.25, 0.3) is 21.7 Å². The minimum absolute atomic E-state index is 0.440. The Hall–Kier alpha value is -1.89. The summed E-state index contributed by atoms with van der Waals surface area (Å²) in [6.45, 7) is 0. The van der Waals surface area contributed by atoms with Crippen molar-refractivity contribution in [3.63, 3.8) is 0 Å². The molecule has 4 nitrogen and oxygen atoms in total. The molecule has 0 spiro atoms. The molecule has 0 radical (unpaired) electrons. The average molecular weight is 360 g/mol. The molecule has 23 heavy (non-hydrogen) atoms. The fourth-order valence-electron chi connectivity index (χ4n) is 2.10. The Labute approximate surface area is 145 Å². The first kappa shape index (κ1) is 14.7. The van der Waals surface area contributed by atoms with E-state index in [0.717, 1.165) is 15.4 Å². The van der Waals surface area contributed by atoms with E-state index in [0.29, 0.717) is 22.5 Å². The first-order valence-electron chi connectivity index (χ1n) is 6.85. The number of benzene rings is 2. The number of hydrogen-bond acceptors (Lipinski definition) is 6. The topological polar surface area (TPSA) is 51.8 Å². The Balaban J connectivity index is 1.51. The molecule has 7 heteroatoms. The van der Waals surface area contributed by atoms with Crippen LogP contribution in [0.4, 0.5) is 0 Å². The summed E-state index contributed by atoms with van der Waals surface area (Å²) in [4.78, 5) is 8.99. The van der Waals surface area contributed by atoms with Crippen LogP contribution in [-0.2, 0) is 5.75 Å². The number of thioether (sulfide) groups is 1. The van der Waals surface area contributed by atoms with E-state index in [2.05, 4.69) is 21.2 Å². The molecule has 114 valence electrons. The van der Waals surface area contributed by atoms with Crippen LogP contribution in [0, 0.1) is 0 Å². The molecule has 2 aromatic heterocycles. The van der Waals surface area contributed by atoms with Gasteiger partial charge in [-0.1, -0.05) is 52.8 Å². The van der Waals surface area contributed by atoms with E-state index >= 15 is 0 Å². The normalized spacial score (nSPS) is 11.2. The first-order chi connectivity index (χ1) is 11.3. The third kappa shape index (κ3) is 3.10. The molecule has 0 fully saturated rings. The molecule has 0 bridgehead atoms. The fourth-order valence-corrected chi connectivity index (χ4v) is 4.22. The zero-order chi connectivity index (χ0) is 15.6. The summed E-state index contributed by atoms with van der Waals surface area (Å²) in [5.74, 6) is 1.67. The van der Waals surface area contributed by atoms with Gasteiger partial charge >= 0.3 is 0 Å². The smallest absolute Gasteiger partial charge is 0.259 e. The average Bonchev–Trinajstić information content (AvgIpc) is 3.19. The molecular weight excluding hydrogens is 350 g/mol. The van der Waals surface area contributed by atoms with Crippen molar-refractivity contribution in [2.75, 3.05) is 0 Å². The molecule has 0 atom stereocenters. The SMILES string of the molecule is Clc1ccccc1-c1nc(CSc2nc3ccccc3s2)no1. The molecule has 0 amide bonds. The second-order valence-corrected chi connectivity index (χ2v) is 7.39. The molecule has 0 saturated heterocycles. The number of nitrogens with zero attached hydrogens (tertiary/aromatic N) is 3. The molecule has 0 N–H and O–H groups in total. The number of para-hydroxylation sites is 1. The Morgan fingerprint density at radius 1 is 1.04 bits per heavy atom. The van der Waals surface area contributed by atoms with Gasteiger partial charge in [-0.3, -0.25) is 0 Å². The number of thiazole rings is 1. The number of rotatable bonds is 4. The van der Waals surface area contributed by atoms with Crippen LogP contribution < -0.4 is 0 Å². The van der Waals surface area contributed by atoms with Gasteiger partial charge in [0.15, 0.2) is 10.2 Å². The van der Waals surface area contributed by atoms with Crippen molar-refractivity contribution in [3.05, 3.63) is 59.4 Å². The van der Waals surface area contributed by atoms with E-state index in [9.17, 15) is 0 Å². The maximum atomic E-state index is 6.14. The lowest BCUT2D eigenvalue weighted by Crippen LogP contribution is -1.84. The molecular formula is C16H10ClN3OS2. The molecule has 2 heterocycles. The van der Waals surface area contributed by atoms with Gasteiger partial charge in [0.2, 0.25) is 0 Å². The standard InChI is InChI=1S/C16H10ClN3OS2/c17-11-6-2-1-5-10(11)15-19-14(20-21-15)9-22-16-18-12-7-3-4-8-13(12)23-16/h1-8H,9H2. The van der Waals surface area contributed by atoms with Crippen molar-refractivity contribution in [3.8, 4) is 11.5 Å². The zero-order valence-electron chi connectivity index (χ0n) is 11.8. The highest BCUT2D eigenvalue weighted by molar-refractivity contribution is 8.00. The van der Waals surface area contributed by atoms with Crippen LogP contribution in [0.3, 0.4) is 0 Å². The summed E-state index contributed by atoms with van der Waals surface area (Å²) in [5, 5.41) is 4.61. The van der Waals surface area contributed by atoms with Crippen molar-refractivity contribution in [1.82, 2.24) is 15.1 Å². The molecule has 4 aromatic rings. The highest BCUT2D eigenvalue weighted by Gasteiger charge is 2.12. The largest absolute Gasteiger partial charge is 0.334 e.